The van der Waals surface area contributed by atoms with E-state index in [1.165, 1.54) is 0 Å². The van der Waals surface area contributed by atoms with Crippen LogP contribution < -0.4 is 10.1 Å². The quantitative estimate of drug-likeness (QED) is 0.858. The number of hydrogen-bond acceptors (Lipinski definition) is 3. The van der Waals surface area contributed by atoms with Crippen molar-refractivity contribution in [2.75, 3.05) is 19.6 Å². The van der Waals surface area contributed by atoms with E-state index in [4.69, 9.17) is 33.0 Å². The highest BCUT2D eigenvalue weighted by atomic mass is 35.5. The fourth-order valence-corrected chi connectivity index (χ4v) is 2.43. The molecule has 22 heavy (non-hydrogen) atoms. The van der Waals surface area contributed by atoms with Gasteiger partial charge in [0, 0.05) is 25.6 Å². The Hall–Kier alpha value is -1.66. The number of carbonyl (C=O) groups excluding carboxylic acids is 1. The molecule has 0 spiro atoms. The summed E-state index contributed by atoms with van der Waals surface area (Å²) in [4.78, 5) is 23.9. The summed E-state index contributed by atoms with van der Waals surface area (Å²) in [7, 11) is 0. The molecular formula is C14H16Cl2N2O4. The number of likely N-dealkylation sites (tertiary alicyclic amines) is 1. The minimum absolute atomic E-state index is 0.0945. The molecule has 2 rings (SSSR count). The van der Waals surface area contributed by atoms with Gasteiger partial charge in [0.2, 0.25) is 0 Å². The molecule has 1 aliphatic rings. The van der Waals surface area contributed by atoms with E-state index in [-0.39, 0.29) is 25.1 Å². The van der Waals surface area contributed by atoms with Crippen molar-refractivity contribution >= 4 is 35.2 Å². The maximum atomic E-state index is 11.9. The lowest BCUT2D eigenvalue weighted by molar-refractivity contribution is -0.136. The monoisotopic (exact) mass is 346 g/mol. The molecule has 0 saturated carbocycles. The Morgan fingerprint density at radius 1 is 1.36 bits per heavy atom. The summed E-state index contributed by atoms with van der Waals surface area (Å²) >= 11 is 11.8. The second-order valence-corrected chi connectivity index (χ2v) is 5.74. The molecule has 0 aromatic heterocycles. The lowest BCUT2D eigenvalue weighted by Crippen LogP contribution is -2.40. The summed E-state index contributed by atoms with van der Waals surface area (Å²) in [5.74, 6) is -0.338. The number of hydrogen-bond donors (Lipinski definition) is 2. The molecule has 1 saturated heterocycles. The molecule has 8 heteroatoms. The van der Waals surface area contributed by atoms with Crippen LogP contribution in [-0.4, -0.2) is 47.7 Å². The average molecular weight is 347 g/mol. The Bertz CT molecular complexity index is 568. The van der Waals surface area contributed by atoms with Gasteiger partial charge in [-0.2, -0.15) is 0 Å². The number of carbonyl (C=O) groups is 2. The third-order valence-corrected chi connectivity index (χ3v) is 3.98. The lowest BCUT2D eigenvalue weighted by Gasteiger charge is -2.18. The van der Waals surface area contributed by atoms with Gasteiger partial charge in [-0.25, -0.2) is 4.79 Å². The number of aliphatic carboxylic acids is 1. The molecule has 0 aliphatic carbocycles. The van der Waals surface area contributed by atoms with Crippen LogP contribution in [0.25, 0.3) is 0 Å². The van der Waals surface area contributed by atoms with Crippen LogP contribution >= 0.6 is 23.2 Å². The van der Waals surface area contributed by atoms with E-state index in [9.17, 15) is 9.59 Å². The van der Waals surface area contributed by atoms with Crippen LogP contribution in [0, 0.1) is 0 Å². The number of ether oxygens (including phenoxy) is 1. The molecule has 1 heterocycles. The van der Waals surface area contributed by atoms with Crippen molar-refractivity contribution in [3.05, 3.63) is 28.2 Å². The zero-order valence-corrected chi connectivity index (χ0v) is 13.2. The highest BCUT2D eigenvalue weighted by molar-refractivity contribution is 6.42. The molecular weight excluding hydrogens is 331 g/mol. The summed E-state index contributed by atoms with van der Waals surface area (Å²) in [6, 6.07) is 4.75. The predicted octanol–water partition coefficient (Wildman–Crippen LogP) is 2.63. The fraction of sp³-hybridized carbons (Fsp3) is 0.429. The van der Waals surface area contributed by atoms with Crippen molar-refractivity contribution in [2.45, 2.75) is 18.9 Å². The minimum Gasteiger partial charge on any atom is -0.488 e. The van der Waals surface area contributed by atoms with Crippen LogP contribution in [0.3, 0.4) is 0 Å². The van der Waals surface area contributed by atoms with Crippen LogP contribution in [0.4, 0.5) is 4.79 Å². The van der Waals surface area contributed by atoms with Gasteiger partial charge in [-0.1, -0.05) is 23.2 Å². The van der Waals surface area contributed by atoms with Crippen molar-refractivity contribution in [1.29, 1.82) is 0 Å². The topological polar surface area (TPSA) is 78.9 Å². The fourth-order valence-electron chi connectivity index (χ4n) is 2.14. The van der Waals surface area contributed by atoms with E-state index >= 15 is 0 Å². The van der Waals surface area contributed by atoms with Crippen molar-refractivity contribution in [3.63, 3.8) is 0 Å². The number of carboxylic acid groups (broad SMARTS) is 1. The number of nitrogens with one attached hydrogen (secondary N) is 1. The molecule has 2 N–H and O–H groups in total. The van der Waals surface area contributed by atoms with E-state index in [0.29, 0.717) is 35.3 Å². The first kappa shape index (κ1) is 16.7. The van der Waals surface area contributed by atoms with E-state index in [0.717, 1.165) is 0 Å². The summed E-state index contributed by atoms with van der Waals surface area (Å²) in [6.07, 6.45) is 0.484. The maximum absolute atomic E-state index is 11.9. The first-order valence-electron chi connectivity index (χ1n) is 6.82. The Kier molecular flexibility index (Phi) is 5.74. The van der Waals surface area contributed by atoms with E-state index in [1.54, 1.807) is 23.1 Å². The largest absolute Gasteiger partial charge is 0.488 e. The zero-order valence-electron chi connectivity index (χ0n) is 11.7. The summed E-state index contributed by atoms with van der Waals surface area (Å²) in [6.45, 7) is 1.12. The van der Waals surface area contributed by atoms with Crippen molar-refractivity contribution in [3.8, 4) is 5.75 Å². The number of rotatable bonds is 5. The molecule has 1 fully saturated rings. The number of carboxylic acids is 1. The molecule has 1 aromatic carbocycles. The van der Waals surface area contributed by atoms with Gasteiger partial charge < -0.3 is 20.1 Å². The molecule has 1 aromatic rings. The first-order chi connectivity index (χ1) is 10.5. The van der Waals surface area contributed by atoms with Gasteiger partial charge in [0.15, 0.2) is 0 Å². The second kappa shape index (κ2) is 7.56. The SMILES string of the molecule is O=C(O)CCNC(=O)N1CCC(Oc2ccc(Cl)c(Cl)c2)C1. The third kappa shape index (κ3) is 4.68. The molecule has 0 bridgehead atoms. The second-order valence-electron chi connectivity index (χ2n) is 4.93. The van der Waals surface area contributed by atoms with Gasteiger partial charge in [0.1, 0.15) is 11.9 Å². The molecule has 0 radical (unpaired) electrons. The van der Waals surface area contributed by atoms with Crippen LogP contribution in [0.2, 0.25) is 10.0 Å². The summed E-state index contributed by atoms with van der Waals surface area (Å²) in [5, 5.41) is 12.0. The Balaban J connectivity index is 1.80. The molecule has 1 unspecified atom stereocenters. The van der Waals surface area contributed by atoms with Crippen LogP contribution in [0.5, 0.6) is 5.75 Å². The normalized spacial score (nSPS) is 17.4. The summed E-state index contributed by atoms with van der Waals surface area (Å²) in [5.41, 5.74) is 0. The standard InChI is InChI=1S/C14H16Cl2N2O4/c15-11-2-1-9(7-12(11)16)22-10-4-6-18(8-10)14(21)17-5-3-13(19)20/h1-2,7,10H,3-6,8H2,(H,17,21)(H,19,20). The van der Waals surface area contributed by atoms with Gasteiger partial charge in [0.05, 0.1) is 23.0 Å². The minimum atomic E-state index is -0.942. The molecule has 120 valence electrons. The number of nitrogens with zero attached hydrogens (tertiary/aromatic N) is 1. The predicted molar refractivity (Wildman–Crippen MR) is 82.7 cm³/mol. The smallest absolute Gasteiger partial charge is 0.317 e. The van der Waals surface area contributed by atoms with Gasteiger partial charge >= 0.3 is 12.0 Å². The van der Waals surface area contributed by atoms with Gasteiger partial charge in [0.25, 0.3) is 0 Å². The van der Waals surface area contributed by atoms with Crippen LogP contribution in [0.15, 0.2) is 18.2 Å². The highest BCUT2D eigenvalue weighted by Gasteiger charge is 2.27. The number of urea groups is 1. The molecule has 1 atom stereocenters. The van der Waals surface area contributed by atoms with Crippen LogP contribution in [0.1, 0.15) is 12.8 Å². The van der Waals surface area contributed by atoms with E-state index in [1.807, 2.05) is 0 Å². The third-order valence-electron chi connectivity index (χ3n) is 3.24. The molecule has 6 nitrogen and oxygen atoms in total. The Morgan fingerprint density at radius 3 is 2.82 bits per heavy atom. The summed E-state index contributed by atoms with van der Waals surface area (Å²) < 4.78 is 5.78. The maximum Gasteiger partial charge on any atom is 0.317 e. The van der Waals surface area contributed by atoms with Gasteiger partial charge in [-0.05, 0) is 12.1 Å². The molecule has 2 amide bonds. The number of halogens is 2. The number of benzene rings is 1. The molecule has 1 aliphatic heterocycles. The first-order valence-corrected chi connectivity index (χ1v) is 7.57. The Labute approximate surface area is 137 Å². The zero-order chi connectivity index (χ0) is 16.1. The number of amides is 2. The van der Waals surface area contributed by atoms with Gasteiger partial charge in [-0.15, -0.1) is 0 Å². The van der Waals surface area contributed by atoms with Gasteiger partial charge in [-0.3, -0.25) is 4.79 Å². The average Bonchev–Trinajstić information content (AvgIpc) is 2.91. The Morgan fingerprint density at radius 2 is 2.14 bits per heavy atom. The highest BCUT2D eigenvalue weighted by Crippen LogP contribution is 2.28. The van der Waals surface area contributed by atoms with Crippen molar-refractivity contribution in [2.24, 2.45) is 0 Å². The van der Waals surface area contributed by atoms with Crippen molar-refractivity contribution < 1.29 is 19.4 Å². The van der Waals surface area contributed by atoms with E-state index in [2.05, 4.69) is 5.32 Å². The lowest BCUT2D eigenvalue weighted by atomic mass is 10.3. The van der Waals surface area contributed by atoms with E-state index < -0.39 is 5.97 Å². The van der Waals surface area contributed by atoms with Crippen molar-refractivity contribution in [1.82, 2.24) is 10.2 Å². The van der Waals surface area contributed by atoms with Crippen LogP contribution in [-0.2, 0) is 4.79 Å².